The van der Waals surface area contributed by atoms with Gasteiger partial charge in [-0.2, -0.15) is 0 Å². The number of aromatic hydroxyl groups is 1. The molecule has 2 aromatic carbocycles. The lowest BCUT2D eigenvalue weighted by Crippen LogP contribution is -2.75. The molecule has 2 fully saturated rings. The Labute approximate surface area is 219 Å². The van der Waals surface area contributed by atoms with Crippen LogP contribution in [0.5, 0.6) is 11.5 Å². The van der Waals surface area contributed by atoms with Gasteiger partial charge in [-0.05, 0) is 68.0 Å². The Morgan fingerprint density at radius 2 is 2.03 bits per heavy atom. The number of anilines is 1. The van der Waals surface area contributed by atoms with Crippen molar-refractivity contribution in [3.05, 3.63) is 63.6 Å². The third-order valence-corrected chi connectivity index (χ3v) is 9.28. The van der Waals surface area contributed by atoms with Crippen LogP contribution in [0.25, 0.3) is 0 Å². The first kappa shape index (κ1) is 24.5. The van der Waals surface area contributed by atoms with E-state index in [1.807, 2.05) is 6.07 Å². The van der Waals surface area contributed by atoms with Crippen molar-refractivity contribution in [3.8, 4) is 11.5 Å². The lowest BCUT2D eigenvalue weighted by Gasteiger charge is -2.62. The molecule has 5 aliphatic rings. The highest BCUT2D eigenvalue weighted by molar-refractivity contribution is 6.33. The van der Waals surface area contributed by atoms with E-state index in [1.54, 1.807) is 6.07 Å². The molecule has 4 atom stereocenters. The molecule has 0 unspecified atom stereocenters. The summed E-state index contributed by atoms with van der Waals surface area (Å²) in [5, 5.41) is 37.4. The maximum absolute atomic E-state index is 13.5. The van der Waals surface area contributed by atoms with Gasteiger partial charge in [0.2, 0.25) is 0 Å². The number of carbonyl (C=O) groups is 1. The van der Waals surface area contributed by atoms with E-state index in [0.717, 1.165) is 30.3 Å². The number of benzene rings is 2. The molecule has 1 saturated heterocycles. The summed E-state index contributed by atoms with van der Waals surface area (Å²) in [6.45, 7) is 1.62. The van der Waals surface area contributed by atoms with E-state index in [1.165, 1.54) is 25.0 Å². The molecule has 9 heteroatoms. The van der Waals surface area contributed by atoms with Crippen molar-refractivity contribution in [1.29, 1.82) is 0 Å². The first-order valence-corrected chi connectivity index (χ1v) is 12.8. The van der Waals surface area contributed by atoms with E-state index < -0.39 is 28.8 Å². The quantitative estimate of drug-likeness (QED) is 0.468. The molecule has 2 bridgehead atoms. The fourth-order valence-electron chi connectivity index (χ4n) is 7.16. The number of aliphatic hydroxyl groups excluding tert-OH is 1. The van der Waals surface area contributed by atoms with Gasteiger partial charge < -0.3 is 25.4 Å². The predicted octanol–water partition coefficient (Wildman–Crippen LogP) is 4.45. The van der Waals surface area contributed by atoms with Crippen molar-refractivity contribution < 1.29 is 29.2 Å². The summed E-state index contributed by atoms with van der Waals surface area (Å²) in [6, 6.07) is 6.84. The van der Waals surface area contributed by atoms with Gasteiger partial charge >= 0.3 is 0 Å². The Morgan fingerprint density at radius 1 is 1.24 bits per heavy atom. The number of halogens is 2. The van der Waals surface area contributed by atoms with E-state index >= 15 is 0 Å². The van der Waals surface area contributed by atoms with Gasteiger partial charge in [-0.1, -0.05) is 25.1 Å². The lowest BCUT2D eigenvalue weighted by molar-refractivity contribution is -0.172. The first-order chi connectivity index (χ1) is 17.2. The number of hydrogen-bond donors (Lipinski definition) is 4. The van der Waals surface area contributed by atoms with Crippen LogP contribution in [-0.2, 0) is 16.6 Å². The number of phenolic OH excluding ortho intramolecular Hbond substituents is 1. The third-order valence-electron chi connectivity index (χ3n) is 8.97. The van der Waals surface area contributed by atoms with Gasteiger partial charge in [-0.15, -0.1) is 0 Å². The highest BCUT2D eigenvalue weighted by Gasteiger charge is 2.73. The molecule has 2 aliphatic heterocycles. The Morgan fingerprint density at radius 3 is 2.76 bits per heavy atom. The van der Waals surface area contributed by atoms with Gasteiger partial charge in [0, 0.05) is 24.6 Å². The summed E-state index contributed by atoms with van der Waals surface area (Å²) >= 11 is 6.12. The minimum Gasteiger partial charge on any atom is -0.508 e. The zero-order valence-corrected chi connectivity index (χ0v) is 20.2. The minimum absolute atomic E-state index is 0. The van der Waals surface area contributed by atoms with Gasteiger partial charge in [0.15, 0.2) is 17.6 Å². The van der Waals surface area contributed by atoms with Crippen LogP contribution in [0, 0.1) is 11.7 Å². The van der Waals surface area contributed by atoms with Crippen LogP contribution in [0.2, 0.25) is 5.02 Å². The van der Waals surface area contributed by atoms with Crippen LogP contribution in [0.3, 0.4) is 0 Å². The third kappa shape index (κ3) is 3.22. The lowest BCUT2D eigenvalue weighted by atomic mass is 9.49. The van der Waals surface area contributed by atoms with Crippen molar-refractivity contribution in [3.63, 3.8) is 0 Å². The summed E-state index contributed by atoms with van der Waals surface area (Å²) in [5.74, 6) is -0.576. The van der Waals surface area contributed by atoms with Gasteiger partial charge in [0.25, 0.3) is 5.91 Å². The Bertz CT molecular complexity index is 1360. The monoisotopic (exact) mass is 528 g/mol. The van der Waals surface area contributed by atoms with Gasteiger partial charge in [-0.25, -0.2) is 4.39 Å². The average molecular weight is 529 g/mol. The summed E-state index contributed by atoms with van der Waals surface area (Å²) in [5.41, 5.74) is -0.412. The molecule has 0 aromatic heterocycles. The van der Waals surface area contributed by atoms with Crippen molar-refractivity contribution in [1.82, 2.24) is 4.90 Å². The van der Waals surface area contributed by atoms with E-state index in [9.17, 15) is 24.5 Å². The van der Waals surface area contributed by atoms with Crippen molar-refractivity contribution >= 4 is 23.2 Å². The van der Waals surface area contributed by atoms with Crippen molar-refractivity contribution in [2.45, 2.75) is 62.7 Å². The van der Waals surface area contributed by atoms with E-state index in [2.05, 4.69) is 10.2 Å². The van der Waals surface area contributed by atoms with Gasteiger partial charge in [-0.3, -0.25) is 9.69 Å². The van der Waals surface area contributed by atoms with E-state index in [0.29, 0.717) is 18.8 Å². The fraction of sp³-hybridized carbons (Fsp3) is 0.464. The number of aliphatic hydroxyl groups is 2. The smallest absolute Gasteiger partial charge is 0.255 e. The Hall–Kier alpha value is -2.81. The van der Waals surface area contributed by atoms with E-state index in [-0.39, 0.29) is 53.4 Å². The summed E-state index contributed by atoms with van der Waals surface area (Å²) in [6.07, 6.45) is 2.37. The topological polar surface area (TPSA) is 102 Å². The van der Waals surface area contributed by atoms with Crippen LogP contribution in [-0.4, -0.2) is 57.0 Å². The average Bonchev–Trinajstić information content (AvgIpc) is 3.58. The number of carbonyl (C=O) groups excluding carboxylic acids is 1. The van der Waals surface area contributed by atoms with Crippen molar-refractivity contribution in [2.24, 2.45) is 5.92 Å². The number of amides is 1. The summed E-state index contributed by atoms with van der Waals surface area (Å²) in [7, 11) is 0. The second kappa shape index (κ2) is 8.09. The highest BCUT2D eigenvalue weighted by atomic mass is 35.5. The molecule has 1 amide bonds. The number of piperidine rings is 1. The molecule has 2 aromatic rings. The number of hydrogen-bond acceptors (Lipinski definition) is 6. The van der Waals surface area contributed by atoms with Crippen LogP contribution in [0.15, 0.2) is 41.7 Å². The Balaban J connectivity index is 0.00000252. The molecule has 37 heavy (non-hydrogen) atoms. The number of nitrogens with one attached hydrogen (secondary N) is 1. The minimum atomic E-state index is -1.40. The van der Waals surface area contributed by atoms with Gasteiger partial charge in [0.05, 0.1) is 27.3 Å². The molecule has 1 saturated carbocycles. The molecule has 7 rings (SSSR count). The number of nitrogens with zero attached hydrogens (tertiary/aromatic N) is 1. The number of phenols is 1. The number of likely N-dealkylation sites (tertiary alicyclic amines) is 1. The maximum Gasteiger partial charge on any atom is 0.255 e. The zero-order valence-electron chi connectivity index (χ0n) is 19.4. The molecule has 7 nitrogen and oxygen atoms in total. The molecule has 1 spiro atoms. The fourth-order valence-corrected chi connectivity index (χ4v) is 7.37. The molecule has 4 N–H and O–H groups in total. The Kier molecular flexibility index (Phi) is 5.36. The second-order valence-electron chi connectivity index (χ2n) is 10.9. The van der Waals surface area contributed by atoms with Crippen LogP contribution in [0.4, 0.5) is 10.1 Å². The molecular formula is C28H30ClFN2O5. The highest BCUT2D eigenvalue weighted by Crippen LogP contribution is 2.66. The molecule has 2 heterocycles. The first-order valence-electron chi connectivity index (χ1n) is 12.4. The zero-order chi connectivity index (χ0) is 25.0. The SMILES string of the molecule is C.O=C(Nc1ccc(F)cc1Cl)C1=C(O)[C@@H]2Oc3c(O)ccc4c3[C@@]23CCN(CC2CC2)[C@H](C4)[C@]3(O)C1. The van der Waals surface area contributed by atoms with Crippen LogP contribution >= 0.6 is 11.6 Å². The molecule has 0 radical (unpaired) electrons. The van der Waals surface area contributed by atoms with Crippen LogP contribution < -0.4 is 10.1 Å². The van der Waals surface area contributed by atoms with Crippen molar-refractivity contribution in [2.75, 3.05) is 18.4 Å². The molecular weight excluding hydrogens is 499 g/mol. The normalized spacial score (nSPS) is 31.3. The molecule has 3 aliphatic carbocycles. The standard InChI is InChI=1S/C27H26ClFN2O5.CH4/c28-17-10-15(29)4-5-18(17)30-25(34)16-11-27(35)20-9-14-3-6-19(32)23-21(14)26(27,24(36-23)22(16)33)7-8-31(20)12-13-1-2-13;/h3-6,10,13,20,24,32-33,35H,1-2,7-9,11-12H2,(H,30,34);1H4/t20-,24+,26+,27-;/m1./s1. The largest absolute Gasteiger partial charge is 0.508 e. The molecule has 196 valence electrons. The number of rotatable bonds is 4. The predicted molar refractivity (Wildman–Crippen MR) is 137 cm³/mol. The number of ether oxygens (including phenoxy) is 1. The maximum atomic E-state index is 13.5. The van der Waals surface area contributed by atoms with Crippen LogP contribution in [0.1, 0.15) is 44.2 Å². The van der Waals surface area contributed by atoms with Gasteiger partial charge in [0.1, 0.15) is 11.6 Å². The second-order valence-corrected chi connectivity index (χ2v) is 11.3. The summed E-state index contributed by atoms with van der Waals surface area (Å²) in [4.78, 5) is 15.8. The summed E-state index contributed by atoms with van der Waals surface area (Å²) < 4.78 is 19.7. The van der Waals surface area contributed by atoms with E-state index in [4.69, 9.17) is 16.3 Å².